The number of aliphatic imine (C=N–C) groups is 3. The van der Waals surface area contributed by atoms with Gasteiger partial charge in [-0.25, -0.2) is 9.98 Å². The number of unbranched alkanes of at least 4 members (excludes halogenated alkanes) is 1. The van der Waals surface area contributed by atoms with E-state index in [0.29, 0.717) is 5.96 Å². The Morgan fingerprint density at radius 2 is 2.06 bits per heavy atom. The zero-order valence-corrected chi connectivity index (χ0v) is 19.6. The van der Waals surface area contributed by atoms with Gasteiger partial charge in [-0.2, -0.15) is 0 Å². The average molecular weight is 435 g/mol. The molecule has 1 aromatic carbocycles. The van der Waals surface area contributed by atoms with E-state index in [4.69, 9.17) is 21.6 Å². The molecule has 0 saturated heterocycles. The van der Waals surface area contributed by atoms with Crippen molar-refractivity contribution in [3.8, 4) is 0 Å². The number of nitrogens with one attached hydrogen (secondary N) is 1. The summed E-state index contributed by atoms with van der Waals surface area (Å²) in [5.74, 6) is 0.566. The van der Waals surface area contributed by atoms with Gasteiger partial charge in [-0.1, -0.05) is 56.2 Å². The Balaban J connectivity index is 1.86. The molecule has 2 aliphatic heterocycles. The number of rotatable bonds is 8. The van der Waals surface area contributed by atoms with Gasteiger partial charge in [0.25, 0.3) is 0 Å². The zero-order chi connectivity index (χ0) is 22.4. The van der Waals surface area contributed by atoms with Crippen molar-refractivity contribution in [1.29, 1.82) is 0 Å². The number of nitrogens with zero attached hydrogens (tertiary/aromatic N) is 3. The van der Waals surface area contributed by atoms with Crippen molar-refractivity contribution in [3.63, 3.8) is 0 Å². The Hall–Kier alpha value is -2.72. The second-order valence-electron chi connectivity index (χ2n) is 7.93. The van der Waals surface area contributed by atoms with Gasteiger partial charge < -0.3 is 5.32 Å². The molecule has 0 saturated carbocycles. The second kappa shape index (κ2) is 10.5. The van der Waals surface area contributed by atoms with Crippen LogP contribution in [0.5, 0.6) is 0 Å². The maximum atomic E-state index is 6.36. The minimum absolute atomic E-state index is 0.144. The molecule has 5 heteroatoms. The van der Waals surface area contributed by atoms with E-state index in [1.165, 1.54) is 17.6 Å². The van der Waals surface area contributed by atoms with Crippen LogP contribution in [0, 0.1) is 0 Å². The van der Waals surface area contributed by atoms with Gasteiger partial charge in [0, 0.05) is 22.5 Å². The predicted octanol–water partition coefficient (Wildman–Crippen LogP) is 7.10. The molecule has 0 fully saturated rings. The number of benzene rings is 1. The van der Waals surface area contributed by atoms with Gasteiger partial charge in [0.15, 0.2) is 0 Å². The summed E-state index contributed by atoms with van der Waals surface area (Å²) in [5, 5.41) is 4.04. The van der Waals surface area contributed by atoms with Gasteiger partial charge in [0.1, 0.15) is 6.04 Å². The lowest BCUT2D eigenvalue weighted by Gasteiger charge is -2.15. The number of fused-ring (bicyclic) bond motifs is 1. The van der Waals surface area contributed by atoms with Crippen molar-refractivity contribution in [2.45, 2.75) is 59.4 Å². The fraction of sp³-hybridized carbons (Fsp3) is 0.346. The lowest BCUT2D eigenvalue weighted by Crippen LogP contribution is -2.27. The molecular weight excluding hydrogens is 404 g/mol. The van der Waals surface area contributed by atoms with E-state index in [1.807, 2.05) is 36.6 Å². The number of hydrogen-bond donors (Lipinski definition) is 1. The lowest BCUT2D eigenvalue weighted by molar-refractivity contribution is 0.792. The van der Waals surface area contributed by atoms with E-state index >= 15 is 0 Å². The van der Waals surface area contributed by atoms with Gasteiger partial charge in [-0.05, 0) is 68.5 Å². The molecule has 1 unspecified atom stereocenters. The molecule has 0 aliphatic carbocycles. The summed E-state index contributed by atoms with van der Waals surface area (Å²) in [5.41, 5.74) is 7.29. The van der Waals surface area contributed by atoms with Crippen molar-refractivity contribution in [3.05, 3.63) is 76.5 Å². The molecule has 4 nitrogen and oxygen atoms in total. The van der Waals surface area contributed by atoms with Crippen LogP contribution < -0.4 is 5.32 Å². The van der Waals surface area contributed by atoms with Crippen LogP contribution in [0.3, 0.4) is 0 Å². The van der Waals surface area contributed by atoms with Crippen molar-refractivity contribution in [2.24, 2.45) is 15.0 Å². The predicted molar refractivity (Wildman–Crippen MR) is 136 cm³/mol. The van der Waals surface area contributed by atoms with E-state index in [1.54, 1.807) is 0 Å². The van der Waals surface area contributed by atoms with Crippen molar-refractivity contribution in [1.82, 2.24) is 0 Å². The van der Waals surface area contributed by atoms with Crippen LogP contribution in [0.25, 0.3) is 0 Å². The molecule has 3 rings (SSSR count). The highest BCUT2D eigenvalue weighted by Gasteiger charge is 2.28. The van der Waals surface area contributed by atoms with E-state index in [-0.39, 0.29) is 6.04 Å². The summed E-state index contributed by atoms with van der Waals surface area (Å²) in [4.78, 5) is 14.1. The number of hydrogen-bond acceptors (Lipinski definition) is 4. The maximum Gasteiger partial charge on any atom is 0.223 e. The number of anilines is 1. The smallest absolute Gasteiger partial charge is 0.223 e. The van der Waals surface area contributed by atoms with Gasteiger partial charge in [0.05, 0.1) is 11.4 Å². The first-order chi connectivity index (χ1) is 15.0. The highest BCUT2D eigenvalue weighted by Crippen LogP contribution is 2.24. The van der Waals surface area contributed by atoms with Crippen LogP contribution in [0.2, 0.25) is 5.02 Å². The molecule has 31 heavy (non-hydrogen) atoms. The average Bonchev–Trinajstić information content (AvgIpc) is 3.16. The van der Waals surface area contributed by atoms with Gasteiger partial charge in [-0.15, -0.1) is 0 Å². The monoisotopic (exact) mass is 434 g/mol. The molecule has 2 aliphatic rings. The van der Waals surface area contributed by atoms with Crippen LogP contribution in [0.1, 0.15) is 52.5 Å². The summed E-state index contributed by atoms with van der Waals surface area (Å²) in [7, 11) is 0. The highest BCUT2D eigenvalue weighted by atomic mass is 35.5. The highest BCUT2D eigenvalue weighted by molar-refractivity contribution is 6.53. The molecular formula is C26H31ClN4. The van der Waals surface area contributed by atoms with Crippen molar-refractivity contribution in [2.75, 3.05) is 5.32 Å². The van der Waals surface area contributed by atoms with E-state index < -0.39 is 0 Å². The van der Waals surface area contributed by atoms with Crippen LogP contribution in [0.4, 0.5) is 5.69 Å². The number of allylic oxidation sites excluding steroid dienone is 5. The van der Waals surface area contributed by atoms with Gasteiger partial charge >= 0.3 is 0 Å². The molecule has 1 atom stereocenters. The third kappa shape index (κ3) is 5.50. The molecule has 1 N–H and O–H groups in total. The summed E-state index contributed by atoms with van der Waals surface area (Å²) in [6.45, 7) is 12.6. The van der Waals surface area contributed by atoms with E-state index in [2.05, 4.69) is 50.7 Å². The molecule has 0 radical (unpaired) electrons. The van der Waals surface area contributed by atoms with Crippen LogP contribution in [0.15, 0.2) is 80.9 Å². The fourth-order valence-electron chi connectivity index (χ4n) is 3.56. The molecule has 1 aromatic rings. The fourth-order valence-corrected chi connectivity index (χ4v) is 3.88. The molecule has 2 heterocycles. The summed E-state index contributed by atoms with van der Waals surface area (Å²) < 4.78 is 0. The first-order valence-corrected chi connectivity index (χ1v) is 11.3. The quantitative estimate of drug-likeness (QED) is 0.435. The number of halogens is 1. The Morgan fingerprint density at radius 1 is 1.26 bits per heavy atom. The lowest BCUT2D eigenvalue weighted by atomic mass is 9.94. The van der Waals surface area contributed by atoms with E-state index in [9.17, 15) is 0 Å². The standard InChI is InChI=1S/C26H31ClN4/c1-6-9-10-20(17(4)5)15-19(8-3)24-25-23(13-14-28-24)30-26(31-25)29-21-12-11-18(7-2)22(27)16-21/h8,11-16,23H,3,6-7,9-10H2,1-2,4-5H3,(H,29,30)/b19-15+. The number of guanidine groups is 1. The summed E-state index contributed by atoms with van der Waals surface area (Å²) in [6.07, 6.45) is 12.1. The third-order valence-electron chi connectivity index (χ3n) is 5.44. The third-order valence-corrected chi connectivity index (χ3v) is 5.79. The molecule has 0 aromatic heterocycles. The normalized spacial score (nSPS) is 17.5. The minimum atomic E-state index is -0.144. The Kier molecular flexibility index (Phi) is 7.80. The minimum Gasteiger partial charge on any atom is -0.324 e. The van der Waals surface area contributed by atoms with Crippen molar-refractivity contribution < 1.29 is 0 Å². The Morgan fingerprint density at radius 3 is 2.71 bits per heavy atom. The first kappa shape index (κ1) is 23.0. The van der Waals surface area contributed by atoms with Crippen LogP contribution >= 0.6 is 11.6 Å². The summed E-state index contributed by atoms with van der Waals surface area (Å²) >= 11 is 6.36. The second-order valence-corrected chi connectivity index (χ2v) is 8.34. The zero-order valence-electron chi connectivity index (χ0n) is 18.9. The first-order valence-electron chi connectivity index (χ1n) is 10.9. The molecule has 0 bridgehead atoms. The Bertz CT molecular complexity index is 1030. The summed E-state index contributed by atoms with van der Waals surface area (Å²) in [6, 6.07) is 5.81. The SMILES string of the molecule is C=C/C(=C\C(CCCC)=C(C)C)C1=NC=CC2N=C(Nc3ccc(CC)c(Cl)c3)N=C12. The van der Waals surface area contributed by atoms with Gasteiger partial charge in [0.2, 0.25) is 5.96 Å². The van der Waals surface area contributed by atoms with Crippen molar-refractivity contribution >= 4 is 34.7 Å². The van der Waals surface area contributed by atoms with Crippen LogP contribution in [-0.4, -0.2) is 23.4 Å². The van der Waals surface area contributed by atoms with Crippen LogP contribution in [-0.2, 0) is 6.42 Å². The molecule has 0 spiro atoms. The largest absolute Gasteiger partial charge is 0.324 e. The number of aryl methyl sites for hydroxylation is 1. The van der Waals surface area contributed by atoms with E-state index in [0.717, 1.165) is 52.5 Å². The topological polar surface area (TPSA) is 49.1 Å². The maximum absolute atomic E-state index is 6.36. The van der Waals surface area contributed by atoms with Gasteiger partial charge in [-0.3, -0.25) is 4.99 Å². The molecule has 0 amide bonds. The Labute approximate surface area is 190 Å². The molecule has 162 valence electrons.